The molecule has 2 fully saturated rings. The van der Waals surface area contributed by atoms with Gasteiger partial charge in [-0.1, -0.05) is 0 Å². The van der Waals surface area contributed by atoms with E-state index in [1.54, 1.807) is 0 Å². The molecule has 2 aliphatic carbocycles. The van der Waals surface area contributed by atoms with Crippen LogP contribution >= 0.6 is 10.7 Å². The monoisotopic (exact) mass is 331 g/mol. The molecule has 0 aromatic heterocycles. The van der Waals surface area contributed by atoms with Crippen LogP contribution in [0.15, 0.2) is 23.1 Å². The Balaban J connectivity index is 1.83. The maximum Gasteiger partial charge on any atom is 0.261 e. The molecule has 7 heteroatoms. The second-order valence-electron chi connectivity index (χ2n) is 5.75. The number of carbonyl (C=O) groups excluding carboxylic acids is 1. The molecular formula is C14H15ClFNO3S. The largest absolute Gasteiger partial charge is 0.349 e. The zero-order valence-electron chi connectivity index (χ0n) is 11.2. The fourth-order valence-corrected chi connectivity index (χ4v) is 3.37. The highest BCUT2D eigenvalue weighted by atomic mass is 35.7. The number of rotatable bonds is 5. The quantitative estimate of drug-likeness (QED) is 0.844. The smallest absolute Gasteiger partial charge is 0.261 e. The molecule has 2 saturated carbocycles. The Morgan fingerprint density at radius 1 is 1.24 bits per heavy atom. The second kappa shape index (κ2) is 5.25. The predicted molar refractivity (Wildman–Crippen MR) is 76.1 cm³/mol. The van der Waals surface area contributed by atoms with Crippen LogP contribution in [0.2, 0.25) is 0 Å². The number of hydrogen-bond acceptors (Lipinski definition) is 3. The molecule has 0 radical (unpaired) electrons. The number of benzene rings is 1. The highest BCUT2D eigenvalue weighted by Gasteiger charge is 2.42. The van der Waals surface area contributed by atoms with E-state index >= 15 is 0 Å². The topological polar surface area (TPSA) is 63.2 Å². The Morgan fingerprint density at radius 2 is 1.81 bits per heavy atom. The van der Waals surface area contributed by atoms with E-state index in [9.17, 15) is 17.6 Å². The summed E-state index contributed by atoms with van der Waals surface area (Å²) in [5, 5.41) is 2.86. The van der Waals surface area contributed by atoms with Crippen LogP contribution in [0.4, 0.5) is 4.39 Å². The van der Waals surface area contributed by atoms with Crippen LogP contribution in [0.1, 0.15) is 36.0 Å². The van der Waals surface area contributed by atoms with E-state index in [-0.39, 0.29) is 16.5 Å². The molecule has 1 amide bonds. The van der Waals surface area contributed by atoms with Crippen molar-refractivity contribution in [2.24, 2.45) is 11.8 Å². The molecule has 1 N–H and O–H groups in total. The van der Waals surface area contributed by atoms with E-state index in [0.29, 0.717) is 11.8 Å². The fraction of sp³-hybridized carbons (Fsp3) is 0.500. The lowest BCUT2D eigenvalue weighted by molar-refractivity contribution is 0.0922. The summed E-state index contributed by atoms with van der Waals surface area (Å²) in [7, 11) is 1.25. The predicted octanol–water partition coefficient (Wildman–Crippen LogP) is 2.67. The number of amides is 1. The first-order chi connectivity index (χ1) is 9.86. The molecule has 0 unspecified atom stereocenters. The van der Waals surface area contributed by atoms with Crippen LogP contribution < -0.4 is 5.32 Å². The maximum atomic E-state index is 13.8. The van der Waals surface area contributed by atoms with Gasteiger partial charge in [0.25, 0.3) is 15.0 Å². The van der Waals surface area contributed by atoms with Gasteiger partial charge in [0, 0.05) is 16.7 Å². The zero-order valence-corrected chi connectivity index (χ0v) is 12.8. The van der Waals surface area contributed by atoms with Crippen molar-refractivity contribution in [2.45, 2.75) is 36.6 Å². The van der Waals surface area contributed by atoms with Crippen molar-refractivity contribution < 1.29 is 17.6 Å². The van der Waals surface area contributed by atoms with Gasteiger partial charge < -0.3 is 5.32 Å². The van der Waals surface area contributed by atoms with Crippen LogP contribution in [0.3, 0.4) is 0 Å². The van der Waals surface area contributed by atoms with Crippen LogP contribution in [0.25, 0.3) is 0 Å². The molecule has 21 heavy (non-hydrogen) atoms. The van der Waals surface area contributed by atoms with Gasteiger partial charge in [-0.25, -0.2) is 12.8 Å². The van der Waals surface area contributed by atoms with E-state index in [1.165, 1.54) is 0 Å². The highest BCUT2D eigenvalue weighted by Crippen LogP contribution is 2.44. The zero-order chi connectivity index (χ0) is 15.2. The molecule has 1 aromatic carbocycles. The van der Waals surface area contributed by atoms with Crippen molar-refractivity contribution >= 4 is 25.6 Å². The van der Waals surface area contributed by atoms with Crippen molar-refractivity contribution in [2.75, 3.05) is 0 Å². The van der Waals surface area contributed by atoms with E-state index in [0.717, 1.165) is 43.9 Å². The summed E-state index contributed by atoms with van der Waals surface area (Å²) in [5.41, 5.74) is -0.275. The number of carbonyl (C=O) groups is 1. The van der Waals surface area contributed by atoms with Gasteiger partial charge in [-0.15, -0.1) is 0 Å². The van der Waals surface area contributed by atoms with Gasteiger partial charge in [-0.3, -0.25) is 4.79 Å². The molecule has 0 heterocycles. The Kier molecular flexibility index (Phi) is 3.69. The van der Waals surface area contributed by atoms with Crippen molar-refractivity contribution in [1.29, 1.82) is 0 Å². The van der Waals surface area contributed by atoms with Crippen LogP contribution in [-0.4, -0.2) is 20.4 Å². The second-order valence-corrected chi connectivity index (χ2v) is 8.32. The van der Waals surface area contributed by atoms with E-state index in [4.69, 9.17) is 10.7 Å². The van der Waals surface area contributed by atoms with Crippen molar-refractivity contribution in [1.82, 2.24) is 5.32 Å². The van der Waals surface area contributed by atoms with Crippen molar-refractivity contribution in [3.05, 3.63) is 29.6 Å². The van der Waals surface area contributed by atoms with Gasteiger partial charge in [-0.05, 0) is 55.7 Å². The minimum Gasteiger partial charge on any atom is -0.349 e. The molecule has 0 bridgehead atoms. The molecule has 3 rings (SSSR count). The summed E-state index contributed by atoms with van der Waals surface area (Å²) in [6.45, 7) is 0. The summed E-state index contributed by atoms with van der Waals surface area (Å²) >= 11 is 0. The lowest BCUT2D eigenvalue weighted by Gasteiger charge is -2.18. The van der Waals surface area contributed by atoms with Gasteiger partial charge >= 0.3 is 0 Å². The van der Waals surface area contributed by atoms with Crippen LogP contribution in [0.5, 0.6) is 0 Å². The Hall–Kier alpha value is -1.14. The third-order valence-electron chi connectivity index (χ3n) is 4.02. The van der Waals surface area contributed by atoms with Gasteiger partial charge in [0.05, 0.1) is 10.5 Å². The average Bonchev–Trinajstić information content (AvgIpc) is 3.27. The molecule has 0 aliphatic heterocycles. The highest BCUT2D eigenvalue weighted by molar-refractivity contribution is 8.13. The third kappa shape index (κ3) is 3.37. The summed E-state index contributed by atoms with van der Waals surface area (Å²) in [4.78, 5) is 12.0. The Bertz CT molecular complexity index is 671. The van der Waals surface area contributed by atoms with Crippen molar-refractivity contribution in [3.8, 4) is 0 Å². The van der Waals surface area contributed by atoms with Gasteiger partial charge in [0.2, 0.25) is 0 Å². The third-order valence-corrected chi connectivity index (χ3v) is 5.37. The molecule has 4 nitrogen and oxygen atoms in total. The minimum atomic E-state index is -3.99. The first-order valence-corrected chi connectivity index (χ1v) is 9.22. The first kappa shape index (κ1) is 14.8. The molecule has 2 aliphatic rings. The SMILES string of the molecule is O=C(NC(C1CC1)C1CC1)c1cc(S(=O)(=O)Cl)ccc1F. The van der Waals surface area contributed by atoms with Crippen LogP contribution in [0, 0.1) is 17.7 Å². The Morgan fingerprint density at radius 3 is 2.29 bits per heavy atom. The molecule has 0 saturated heterocycles. The molecule has 114 valence electrons. The number of halogens is 2. The molecule has 1 aromatic rings. The minimum absolute atomic E-state index is 0.0770. The van der Waals surface area contributed by atoms with Gasteiger partial charge in [-0.2, -0.15) is 0 Å². The normalized spacial score (nSPS) is 18.8. The molecule has 0 atom stereocenters. The number of hydrogen-bond donors (Lipinski definition) is 1. The maximum absolute atomic E-state index is 13.8. The molecular weight excluding hydrogens is 317 g/mol. The number of nitrogens with one attached hydrogen (secondary N) is 1. The van der Waals surface area contributed by atoms with E-state index in [2.05, 4.69) is 5.32 Å². The van der Waals surface area contributed by atoms with E-state index in [1.807, 2.05) is 0 Å². The summed E-state index contributed by atoms with van der Waals surface area (Å²) < 4.78 is 36.4. The summed E-state index contributed by atoms with van der Waals surface area (Å²) in [6.07, 6.45) is 4.33. The van der Waals surface area contributed by atoms with Gasteiger partial charge in [0.1, 0.15) is 5.82 Å². The lowest BCUT2D eigenvalue weighted by Crippen LogP contribution is -2.38. The van der Waals surface area contributed by atoms with E-state index < -0.39 is 20.8 Å². The fourth-order valence-electron chi connectivity index (χ4n) is 2.59. The van der Waals surface area contributed by atoms with Gasteiger partial charge in [0.15, 0.2) is 0 Å². The Labute approximate surface area is 127 Å². The standard InChI is InChI=1S/C14H15ClFNO3S/c15-21(19,20)10-5-6-12(16)11(7-10)14(18)17-13(8-1-2-8)9-3-4-9/h5-9,13H,1-4H2,(H,17,18). The lowest BCUT2D eigenvalue weighted by atomic mass is 10.1. The summed E-state index contributed by atoms with van der Waals surface area (Å²) in [5.74, 6) is -0.366. The molecule has 0 spiro atoms. The van der Waals surface area contributed by atoms with Crippen molar-refractivity contribution in [3.63, 3.8) is 0 Å². The first-order valence-electron chi connectivity index (χ1n) is 6.91. The summed E-state index contributed by atoms with van der Waals surface area (Å²) in [6, 6.07) is 3.07. The van der Waals surface area contributed by atoms with Crippen LogP contribution in [-0.2, 0) is 9.05 Å². The average molecular weight is 332 g/mol.